The van der Waals surface area contributed by atoms with E-state index in [1.54, 1.807) is 0 Å². The predicted molar refractivity (Wildman–Crippen MR) is 149 cm³/mol. The zero-order valence-electron chi connectivity index (χ0n) is 23.7. The van der Waals surface area contributed by atoms with Gasteiger partial charge in [-0.3, -0.25) is 9.35 Å². The van der Waals surface area contributed by atoms with Crippen molar-refractivity contribution in [2.45, 2.75) is 86.9 Å². The highest BCUT2D eigenvalue weighted by Crippen LogP contribution is 2.63. The van der Waals surface area contributed by atoms with Crippen molar-refractivity contribution in [3.05, 3.63) is 33.4 Å². The molecule has 3 atom stereocenters. The maximum absolute atomic E-state index is 14.2. The Morgan fingerprint density at radius 1 is 0.844 bits per heavy atom. The Morgan fingerprint density at radius 3 is 1.71 bits per heavy atom. The third-order valence-corrected chi connectivity index (χ3v) is 10.0. The molecule has 9 nitrogen and oxygen atoms in total. The second-order valence-electron chi connectivity index (χ2n) is 12.0. The average molecular weight is 652 g/mol. The number of hydrogen-bond acceptors (Lipinski definition) is 7. The minimum Gasteiger partial charge on any atom is -0.478 e. The SMILES string of the molecule is [B]Cc1c(C[B])c(C[B])c(C(=O)OC23CC4CC(C2)CC(C(=O)OC(C(F)(F)F)C(F)(F)S(=O)(=O)O)(C4)C3)c(C(=O)O)c1C[B]. The van der Waals surface area contributed by atoms with Crippen LogP contribution in [0, 0.1) is 17.3 Å². The average Bonchev–Trinajstić information content (AvgIpc) is 2.91. The quantitative estimate of drug-likeness (QED) is 0.160. The molecule has 0 heterocycles. The monoisotopic (exact) mass is 652 g/mol. The first-order valence-electron chi connectivity index (χ1n) is 13.8. The van der Waals surface area contributed by atoms with Gasteiger partial charge in [-0.05, 0) is 55.1 Å². The first-order chi connectivity index (χ1) is 20.7. The third-order valence-electron chi connectivity index (χ3n) is 9.10. The Bertz CT molecular complexity index is 1500. The standard InChI is InChI=1S/C26H25B4F5O9S/c27-6-13-14(7-28)16(9-30)18(17(19(36)37)15(13)8-29)20(38)44-24-4-11-1-12(5-24)3-23(2-11,10-24)22(39)43-21(25(31,32)33)26(34,35)45(40,41)42/h11-12,21H,1-10H2,(H,36,37)(H,40,41,42). The normalized spacial score (nSPS) is 26.8. The van der Waals surface area contributed by atoms with Crippen molar-refractivity contribution in [3.8, 4) is 0 Å². The molecule has 19 heteroatoms. The van der Waals surface area contributed by atoms with Crippen LogP contribution in [0.4, 0.5) is 22.0 Å². The van der Waals surface area contributed by atoms with Gasteiger partial charge in [0, 0.05) is 6.42 Å². The molecular formula is C26H25B4F5O9S. The second-order valence-corrected chi connectivity index (χ2v) is 13.5. The Labute approximate surface area is 260 Å². The molecule has 2 N–H and O–H groups in total. The number of benzene rings is 1. The van der Waals surface area contributed by atoms with Crippen molar-refractivity contribution in [2.75, 3.05) is 0 Å². The Morgan fingerprint density at radius 2 is 1.31 bits per heavy atom. The number of carbonyl (C=O) groups excluding carboxylic acids is 2. The van der Waals surface area contributed by atoms with Crippen LogP contribution in [0.15, 0.2) is 0 Å². The Kier molecular flexibility index (Phi) is 9.35. The number of carboxylic acids is 1. The molecule has 45 heavy (non-hydrogen) atoms. The van der Waals surface area contributed by atoms with Gasteiger partial charge in [-0.25, -0.2) is 9.59 Å². The summed E-state index contributed by atoms with van der Waals surface area (Å²) in [4.78, 5) is 39.6. The summed E-state index contributed by atoms with van der Waals surface area (Å²) < 4.78 is 110. The van der Waals surface area contributed by atoms with Crippen LogP contribution in [-0.4, -0.2) is 90.5 Å². The number of esters is 2. The summed E-state index contributed by atoms with van der Waals surface area (Å²) in [6.07, 6.45) is -11.8. The fraction of sp³-hybridized carbons (Fsp3) is 0.654. The van der Waals surface area contributed by atoms with E-state index in [1.807, 2.05) is 0 Å². The Hall–Kier alpha value is -2.55. The van der Waals surface area contributed by atoms with Gasteiger partial charge >= 0.3 is 39.5 Å². The van der Waals surface area contributed by atoms with Gasteiger partial charge in [0.15, 0.2) is 0 Å². The summed E-state index contributed by atoms with van der Waals surface area (Å²) in [7, 11) is 16.8. The number of aromatic carboxylic acids is 1. The summed E-state index contributed by atoms with van der Waals surface area (Å²) in [5.41, 5.74) is -3.83. The first-order valence-corrected chi connectivity index (χ1v) is 15.2. The van der Waals surface area contributed by atoms with Crippen molar-refractivity contribution >= 4 is 59.4 Å². The summed E-state index contributed by atoms with van der Waals surface area (Å²) in [6, 6.07) is 0. The lowest BCUT2D eigenvalue weighted by atomic mass is 9.48. The van der Waals surface area contributed by atoms with Crippen LogP contribution in [0.1, 0.15) is 81.5 Å². The van der Waals surface area contributed by atoms with E-state index in [0.29, 0.717) is 6.42 Å². The van der Waals surface area contributed by atoms with E-state index in [-0.39, 0.29) is 73.2 Å². The fourth-order valence-electron chi connectivity index (χ4n) is 7.85. The van der Waals surface area contributed by atoms with Gasteiger partial charge in [0.1, 0.15) is 5.60 Å². The number of carbonyl (C=O) groups is 3. The maximum Gasteiger partial charge on any atom is 0.432 e. The van der Waals surface area contributed by atoms with E-state index in [0.717, 1.165) is 0 Å². The van der Waals surface area contributed by atoms with Gasteiger partial charge in [-0.15, -0.1) is 0 Å². The summed E-state index contributed by atoms with van der Waals surface area (Å²) in [5.74, 6) is -5.41. The van der Waals surface area contributed by atoms with Crippen LogP contribution in [-0.2, 0) is 49.7 Å². The lowest BCUT2D eigenvalue weighted by Crippen LogP contribution is -2.61. The molecule has 5 rings (SSSR count). The number of carboxylic acid groups (broad SMARTS) is 1. The van der Waals surface area contributed by atoms with Crippen molar-refractivity contribution in [2.24, 2.45) is 17.3 Å². The molecule has 0 aromatic heterocycles. The number of rotatable bonds is 11. The topological polar surface area (TPSA) is 144 Å². The lowest BCUT2D eigenvalue weighted by molar-refractivity contribution is -0.269. The molecule has 236 valence electrons. The first kappa shape index (κ1) is 35.3. The Balaban J connectivity index is 1.75. The molecule has 0 saturated heterocycles. The molecule has 4 bridgehead atoms. The summed E-state index contributed by atoms with van der Waals surface area (Å²) in [5, 5.41) is 4.17. The molecule has 4 fully saturated rings. The van der Waals surface area contributed by atoms with E-state index < -0.39 is 86.0 Å². The highest BCUT2D eigenvalue weighted by molar-refractivity contribution is 7.86. The predicted octanol–water partition coefficient (Wildman–Crippen LogP) is 2.51. The zero-order chi connectivity index (χ0) is 33.9. The van der Waals surface area contributed by atoms with Gasteiger partial charge in [-0.1, -0.05) is 36.4 Å². The van der Waals surface area contributed by atoms with Crippen LogP contribution in [0.5, 0.6) is 0 Å². The van der Waals surface area contributed by atoms with Gasteiger partial charge < -0.3 is 14.6 Å². The fourth-order valence-corrected chi connectivity index (χ4v) is 8.30. The van der Waals surface area contributed by atoms with Crippen LogP contribution >= 0.6 is 0 Å². The van der Waals surface area contributed by atoms with Gasteiger partial charge in [0.05, 0.1) is 47.9 Å². The van der Waals surface area contributed by atoms with Gasteiger partial charge in [0.25, 0.3) is 6.10 Å². The summed E-state index contributed by atoms with van der Waals surface area (Å²) >= 11 is 0. The number of ether oxygens (including phenoxy) is 2. The number of alkyl halides is 5. The highest BCUT2D eigenvalue weighted by atomic mass is 32.2. The number of hydrogen-bond donors (Lipinski definition) is 2. The molecule has 4 aliphatic rings. The van der Waals surface area contributed by atoms with Crippen molar-refractivity contribution in [3.63, 3.8) is 0 Å². The smallest absolute Gasteiger partial charge is 0.432 e. The molecular weight excluding hydrogens is 627 g/mol. The van der Waals surface area contributed by atoms with Crippen LogP contribution in [0.3, 0.4) is 0 Å². The molecule has 3 unspecified atom stereocenters. The molecule has 0 amide bonds. The van der Waals surface area contributed by atoms with Crippen molar-refractivity contribution in [1.82, 2.24) is 0 Å². The van der Waals surface area contributed by atoms with Crippen molar-refractivity contribution in [1.29, 1.82) is 0 Å². The molecule has 4 aliphatic carbocycles. The molecule has 0 spiro atoms. The molecule has 1 aromatic rings. The van der Waals surface area contributed by atoms with E-state index in [4.69, 9.17) is 40.7 Å². The van der Waals surface area contributed by atoms with Gasteiger partial charge in [0.2, 0.25) is 0 Å². The largest absolute Gasteiger partial charge is 0.478 e. The number of halogens is 5. The van der Waals surface area contributed by atoms with E-state index >= 15 is 0 Å². The lowest BCUT2D eigenvalue weighted by Gasteiger charge is -2.59. The second kappa shape index (κ2) is 11.9. The van der Waals surface area contributed by atoms with E-state index in [1.165, 1.54) is 0 Å². The van der Waals surface area contributed by atoms with Crippen molar-refractivity contribution < 1.29 is 63.9 Å². The van der Waals surface area contributed by atoms with Crippen LogP contribution in [0.2, 0.25) is 0 Å². The zero-order valence-corrected chi connectivity index (χ0v) is 24.5. The highest BCUT2D eigenvalue weighted by Gasteiger charge is 2.69. The minimum absolute atomic E-state index is 0.0121. The van der Waals surface area contributed by atoms with Gasteiger partial charge in [-0.2, -0.15) is 30.4 Å². The van der Waals surface area contributed by atoms with E-state index in [2.05, 4.69) is 4.74 Å². The summed E-state index contributed by atoms with van der Waals surface area (Å²) in [6.45, 7) is 0. The molecule has 0 aliphatic heterocycles. The maximum atomic E-state index is 14.2. The van der Waals surface area contributed by atoms with Crippen LogP contribution in [0.25, 0.3) is 0 Å². The third kappa shape index (κ3) is 6.03. The molecule has 1 aromatic carbocycles. The minimum atomic E-state index is -6.66. The molecule has 8 radical (unpaired) electrons. The van der Waals surface area contributed by atoms with E-state index in [9.17, 15) is 49.9 Å². The van der Waals surface area contributed by atoms with Crippen LogP contribution < -0.4 is 0 Å². The molecule has 4 saturated carbocycles.